The van der Waals surface area contributed by atoms with E-state index in [1.165, 1.54) is 18.2 Å². The van der Waals surface area contributed by atoms with E-state index >= 15 is 0 Å². The Labute approximate surface area is 141 Å². The molecule has 0 fully saturated rings. The van der Waals surface area contributed by atoms with Crippen molar-refractivity contribution in [2.24, 2.45) is 0 Å². The highest BCUT2D eigenvalue weighted by molar-refractivity contribution is 5.79. The molecule has 0 radical (unpaired) electrons. The molecule has 1 aromatic heterocycles. The van der Waals surface area contributed by atoms with Crippen LogP contribution in [0.1, 0.15) is 23.1 Å². The second kappa shape index (κ2) is 6.74. The zero-order chi connectivity index (χ0) is 17.1. The van der Waals surface area contributed by atoms with Crippen molar-refractivity contribution in [3.05, 3.63) is 59.2 Å². The lowest BCUT2D eigenvalue weighted by Crippen LogP contribution is -2.04. The molecule has 2 N–H and O–H groups in total. The van der Waals surface area contributed by atoms with Gasteiger partial charge in [0.15, 0.2) is 0 Å². The SMILES string of the molecule is COC(=O)CCc1ccc2c(c1)nc(N)n2Cc1cccc(C)c1. The molecule has 0 aliphatic heterocycles. The van der Waals surface area contributed by atoms with E-state index in [0.29, 0.717) is 25.3 Å². The van der Waals surface area contributed by atoms with E-state index in [0.717, 1.165) is 16.6 Å². The summed E-state index contributed by atoms with van der Waals surface area (Å²) in [4.78, 5) is 15.7. The Balaban J connectivity index is 1.87. The summed E-state index contributed by atoms with van der Waals surface area (Å²) in [5.41, 5.74) is 11.4. The lowest BCUT2D eigenvalue weighted by molar-refractivity contribution is -0.140. The lowest BCUT2D eigenvalue weighted by atomic mass is 10.1. The Bertz CT molecular complexity index is 883. The van der Waals surface area contributed by atoms with E-state index in [2.05, 4.69) is 34.8 Å². The first-order valence-electron chi connectivity index (χ1n) is 7.94. The zero-order valence-electron chi connectivity index (χ0n) is 14.0. The summed E-state index contributed by atoms with van der Waals surface area (Å²) < 4.78 is 6.69. The number of aromatic nitrogens is 2. The van der Waals surface area contributed by atoms with Crippen molar-refractivity contribution < 1.29 is 9.53 Å². The molecule has 0 spiro atoms. The normalized spacial score (nSPS) is 10.9. The molecule has 0 bridgehead atoms. The van der Waals surface area contributed by atoms with E-state index in [-0.39, 0.29) is 5.97 Å². The first-order valence-corrected chi connectivity index (χ1v) is 7.94. The quantitative estimate of drug-likeness (QED) is 0.733. The summed E-state index contributed by atoms with van der Waals surface area (Å²) in [5.74, 6) is 0.288. The van der Waals surface area contributed by atoms with Crippen molar-refractivity contribution in [1.29, 1.82) is 0 Å². The summed E-state index contributed by atoms with van der Waals surface area (Å²) in [6.45, 7) is 2.76. The van der Waals surface area contributed by atoms with Crippen LogP contribution < -0.4 is 5.73 Å². The Morgan fingerprint density at radius 2 is 2.04 bits per heavy atom. The van der Waals surface area contributed by atoms with Gasteiger partial charge >= 0.3 is 5.97 Å². The highest BCUT2D eigenvalue weighted by atomic mass is 16.5. The number of ether oxygens (including phenoxy) is 1. The predicted octanol–water partition coefficient (Wildman–Crippen LogP) is 3.08. The topological polar surface area (TPSA) is 70.1 Å². The number of carbonyl (C=O) groups is 1. The summed E-state index contributed by atoms with van der Waals surface area (Å²) >= 11 is 0. The molecule has 1 heterocycles. The monoisotopic (exact) mass is 323 g/mol. The molecular formula is C19H21N3O2. The fourth-order valence-electron chi connectivity index (χ4n) is 2.86. The van der Waals surface area contributed by atoms with Crippen molar-refractivity contribution in [3.63, 3.8) is 0 Å². The van der Waals surface area contributed by atoms with E-state index in [9.17, 15) is 4.79 Å². The van der Waals surface area contributed by atoms with Crippen molar-refractivity contribution in [1.82, 2.24) is 9.55 Å². The molecule has 5 nitrogen and oxygen atoms in total. The number of aryl methyl sites for hydroxylation is 2. The molecule has 124 valence electrons. The number of nitrogens with two attached hydrogens (primary N) is 1. The molecule has 0 amide bonds. The number of methoxy groups -OCH3 is 1. The number of nitrogens with zero attached hydrogens (tertiary/aromatic N) is 2. The Morgan fingerprint density at radius 1 is 1.21 bits per heavy atom. The average Bonchev–Trinajstić information content (AvgIpc) is 2.87. The van der Waals surface area contributed by atoms with Gasteiger partial charge in [-0.25, -0.2) is 4.98 Å². The number of nitrogen functional groups attached to an aromatic ring is 1. The number of hydrogen-bond acceptors (Lipinski definition) is 4. The predicted molar refractivity (Wildman–Crippen MR) is 94.8 cm³/mol. The second-order valence-electron chi connectivity index (χ2n) is 5.94. The van der Waals surface area contributed by atoms with Gasteiger partial charge in [-0.05, 0) is 36.6 Å². The molecule has 0 saturated heterocycles. The van der Waals surface area contributed by atoms with Gasteiger partial charge < -0.3 is 15.0 Å². The molecule has 0 saturated carbocycles. The van der Waals surface area contributed by atoms with E-state index in [4.69, 9.17) is 5.73 Å². The Hall–Kier alpha value is -2.82. The van der Waals surface area contributed by atoms with Crippen LogP contribution in [0.2, 0.25) is 0 Å². The molecule has 5 heteroatoms. The summed E-state index contributed by atoms with van der Waals surface area (Å²) in [5, 5.41) is 0. The first-order chi connectivity index (χ1) is 11.6. The molecule has 0 unspecified atom stereocenters. The van der Waals surface area contributed by atoms with Crippen LogP contribution >= 0.6 is 0 Å². The second-order valence-corrected chi connectivity index (χ2v) is 5.94. The third-order valence-corrected chi connectivity index (χ3v) is 4.11. The van der Waals surface area contributed by atoms with Gasteiger partial charge in [0.1, 0.15) is 0 Å². The van der Waals surface area contributed by atoms with Crippen molar-refractivity contribution in [3.8, 4) is 0 Å². The summed E-state index contributed by atoms with van der Waals surface area (Å²) in [7, 11) is 1.40. The average molecular weight is 323 g/mol. The number of benzene rings is 2. The number of hydrogen-bond donors (Lipinski definition) is 1. The molecular weight excluding hydrogens is 302 g/mol. The van der Waals surface area contributed by atoms with Gasteiger partial charge in [0, 0.05) is 6.42 Å². The van der Waals surface area contributed by atoms with Gasteiger partial charge in [-0.15, -0.1) is 0 Å². The van der Waals surface area contributed by atoms with Crippen LogP contribution in [0.5, 0.6) is 0 Å². The van der Waals surface area contributed by atoms with E-state index in [1.807, 2.05) is 28.8 Å². The van der Waals surface area contributed by atoms with Crippen LogP contribution in [0.4, 0.5) is 5.95 Å². The zero-order valence-corrected chi connectivity index (χ0v) is 14.0. The number of anilines is 1. The Morgan fingerprint density at radius 3 is 2.79 bits per heavy atom. The van der Waals surface area contributed by atoms with Crippen molar-refractivity contribution in [2.75, 3.05) is 12.8 Å². The van der Waals surface area contributed by atoms with Crippen LogP contribution in [0.15, 0.2) is 42.5 Å². The highest BCUT2D eigenvalue weighted by Crippen LogP contribution is 2.22. The number of rotatable bonds is 5. The van der Waals surface area contributed by atoms with Crippen LogP contribution in [-0.4, -0.2) is 22.6 Å². The minimum atomic E-state index is -0.209. The van der Waals surface area contributed by atoms with Gasteiger partial charge in [0.05, 0.1) is 24.7 Å². The first kappa shape index (κ1) is 16.1. The van der Waals surface area contributed by atoms with Crippen molar-refractivity contribution in [2.45, 2.75) is 26.3 Å². The van der Waals surface area contributed by atoms with Crippen LogP contribution in [0, 0.1) is 6.92 Å². The maximum atomic E-state index is 11.3. The van der Waals surface area contributed by atoms with Crippen LogP contribution in [0.3, 0.4) is 0 Å². The molecule has 3 aromatic rings. The highest BCUT2D eigenvalue weighted by Gasteiger charge is 2.10. The largest absolute Gasteiger partial charge is 0.469 e. The number of imidazole rings is 1. The molecule has 2 aromatic carbocycles. The molecule has 0 atom stereocenters. The van der Waals surface area contributed by atoms with E-state index < -0.39 is 0 Å². The fraction of sp³-hybridized carbons (Fsp3) is 0.263. The number of fused-ring (bicyclic) bond motifs is 1. The van der Waals surface area contributed by atoms with Gasteiger partial charge in [0.2, 0.25) is 5.95 Å². The smallest absolute Gasteiger partial charge is 0.305 e. The third-order valence-electron chi connectivity index (χ3n) is 4.11. The summed E-state index contributed by atoms with van der Waals surface area (Å²) in [6, 6.07) is 14.4. The molecule has 0 aliphatic rings. The van der Waals surface area contributed by atoms with E-state index in [1.54, 1.807) is 0 Å². The minimum absolute atomic E-state index is 0.209. The Kier molecular flexibility index (Phi) is 4.51. The van der Waals surface area contributed by atoms with Crippen LogP contribution in [0.25, 0.3) is 11.0 Å². The molecule has 3 rings (SSSR count). The molecule has 0 aliphatic carbocycles. The van der Waals surface area contributed by atoms with Gasteiger partial charge in [-0.2, -0.15) is 0 Å². The van der Waals surface area contributed by atoms with Crippen molar-refractivity contribution >= 4 is 23.0 Å². The van der Waals surface area contributed by atoms with Gasteiger partial charge in [0.25, 0.3) is 0 Å². The lowest BCUT2D eigenvalue weighted by Gasteiger charge is -2.08. The third kappa shape index (κ3) is 3.40. The maximum Gasteiger partial charge on any atom is 0.305 e. The number of carbonyl (C=O) groups excluding carboxylic acids is 1. The minimum Gasteiger partial charge on any atom is -0.469 e. The standard InChI is InChI=1S/C19H21N3O2/c1-13-4-3-5-15(10-13)12-22-17-8-6-14(7-9-18(23)24-2)11-16(17)21-19(22)20/h3-6,8,10-11H,7,9,12H2,1-2H3,(H2,20,21). The van der Waals surface area contributed by atoms with Gasteiger partial charge in [-0.3, -0.25) is 4.79 Å². The number of esters is 1. The maximum absolute atomic E-state index is 11.3. The molecule has 24 heavy (non-hydrogen) atoms. The fourth-order valence-corrected chi connectivity index (χ4v) is 2.86. The van der Waals surface area contributed by atoms with Crippen LogP contribution in [-0.2, 0) is 22.5 Å². The van der Waals surface area contributed by atoms with Gasteiger partial charge in [-0.1, -0.05) is 35.9 Å². The summed E-state index contributed by atoms with van der Waals surface area (Å²) in [6.07, 6.45) is 0.995.